The van der Waals surface area contributed by atoms with Gasteiger partial charge < -0.3 is 31.7 Å². The summed E-state index contributed by atoms with van der Waals surface area (Å²) in [6.07, 6.45) is 0.329. The van der Waals surface area contributed by atoms with E-state index in [9.17, 15) is 9.36 Å². The highest BCUT2D eigenvalue weighted by Gasteiger charge is 2.18. The third kappa shape index (κ3) is 10.0. The van der Waals surface area contributed by atoms with E-state index in [1.165, 1.54) is 0 Å². The highest BCUT2D eigenvalue weighted by molar-refractivity contribution is 7.51. The molecule has 18 heavy (non-hydrogen) atoms. The van der Waals surface area contributed by atoms with E-state index in [4.69, 9.17) is 26.4 Å². The van der Waals surface area contributed by atoms with Crippen LogP contribution in [0, 0.1) is 0 Å². The zero-order valence-electron chi connectivity index (χ0n) is 9.82. The lowest BCUT2D eigenvalue weighted by molar-refractivity contribution is -0.139. The van der Waals surface area contributed by atoms with Crippen LogP contribution in [0.4, 0.5) is 0 Å². The molecule has 0 aliphatic heterocycles. The average Bonchev–Trinajstić information content (AvgIpc) is 2.19. The summed E-state index contributed by atoms with van der Waals surface area (Å²) in [5, 5.41) is 11.4. The van der Waals surface area contributed by atoms with E-state index in [0.29, 0.717) is 13.0 Å². The van der Waals surface area contributed by atoms with E-state index in [2.05, 4.69) is 10.3 Å². The maximum atomic E-state index is 10.8. The van der Waals surface area contributed by atoms with Crippen LogP contribution in [0.15, 0.2) is 4.99 Å². The lowest BCUT2D eigenvalue weighted by atomic mass is 10.1. The Morgan fingerprint density at radius 3 is 2.44 bits per heavy atom. The second-order valence-electron chi connectivity index (χ2n) is 3.68. The van der Waals surface area contributed by atoms with Crippen LogP contribution in [0.2, 0.25) is 0 Å². The first kappa shape index (κ1) is 16.9. The zero-order chi connectivity index (χ0) is 14.2. The molecule has 0 fully saturated rings. The Labute approximate surface area is 104 Å². The fourth-order valence-corrected chi connectivity index (χ4v) is 1.62. The molecule has 106 valence electrons. The minimum Gasteiger partial charge on any atom is -0.480 e. The molecule has 0 aromatic rings. The summed E-state index contributed by atoms with van der Waals surface area (Å²) in [6, 6.07) is -0.870. The predicted octanol–water partition coefficient (Wildman–Crippen LogP) is -1.74. The van der Waals surface area contributed by atoms with Crippen molar-refractivity contribution in [3.8, 4) is 0 Å². The van der Waals surface area contributed by atoms with Crippen molar-refractivity contribution in [2.24, 2.45) is 16.5 Å². The van der Waals surface area contributed by atoms with Gasteiger partial charge >= 0.3 is 13.6 Å². The number of carboxylic acid groups (broad SMARTS) is 1. The molecule has 0 radical (unpaired) electrons. The van der Waals surface area contributed by atoms with E-state index in [1.807, 2.05) is 0 Å². The van der Waals surface area contributed by atoms with Gasteiger partial charge in [-0.3, -0.25) is 14.4 Å². The van der Waals surface area contributed by atoms with Crippen LogP contribution in [-0.4, -0.2) is 52.1 Å². The molecular formula is C8H19N4O5P. The molecule has 0 bridgehead atoms. The smallest absolute Gasteiger partial charge is 0.326 e. The number of nitrogens with one attached hydrogen (secondary N) is 1. The summed E-state index contributed by atoms with van der Waals surface area (Å²) < 4.78 is 10.6. The van der Waals surface area contributed by atoms with Gasteiger partial charge in [-0.2, -0.15) is 0 Å². The van der Waals surface area contributed by atoms with Crippen LogP contribution in [0.3, 0.4) is 0 Å². The Balaban J connectivity index is 3.97. The lowest BCUT2D eigenvalue weighted by Crippen LogP contribution is -2.38. The molecule has 0 amide bonds. The van der Waals surface area contributed by atoms with Gasteiger partial charge in [0.1, 0.15) is 6.04 Å². The monoisotopic (exact) mass is 282 g/mol. The number of aliphatic imine (C=N–C) groups is 1. The summed E-state index contributed by atoms with van der Waals surface area (Å²) in [4.78, 5) is 31.8. The molecule has 0 aromatic heterocycles. The Hall–Kier alpha value is -1.15. The van der Waals surface area contributed by atoms with Crippen molar-refractivity contribution >= 4 is 19.5 Å². The summed E-state index contributed by atoms with van der Waals surface area (Å²) in [7, 11) is -4.11. The normalized spacial score (nSPS) is 13.0. The minimum absolute atomic E-state index is 0.0590. The molecule has 9 nitrogen and oxygen atoms in total. The largest absolute Gasteiger partial charge is 0.480 e. The van der Waals surface area contributed by atoms with Crippen molar-refractivity contribution in [2.45, 2.75) is 18.9 Å². The van der Waals surface area contributed by atoms with Gasteiger partial charge in [-0.15, -0.1) is 0 Å². The van der Waals surface area contributed by atoms with Gasteiger partial charge in [-0.05, 0) is 12.8 Å². The predicted molar refractivity (Wildman–Crippen MR) is 66.2 cm³/mol. The Bertz CT molecular complexity index is 338. The number of guanidine groups is 1. The number of rotatable bonds is 9. The van der Waals surface area contributed by atoms with Crippen molar-refractivity contribution in [2.75, 3.05) is 19.3 Å². The average molecular weight is 282 g/mol. The molecule has 0 saturated carbocycles. The number of nitrogens with two attached hydrogens (primary N) is 2. The van der Waals surface area contributed by atoms with Crippen LogP contribution < -0.4 is 16.8 Å². The molecule has 0 aromatic carbocycles. The molecule has 0 aliphatic rings. The minimum atomic E-state index is -4.11. The number of carbonyl (C=O) groups is 1. The molecule has 1 unspecified atom stereocenters. The van der Waals surface area contributed by atoms with Crippen molar-refractivity contribution in [1.29, 1.82) is 0 Å². The van der Waals surface area contributed by atoms with E-state index in [1.54, 1.807) is 0 Å². The van der Waals surface area contributed by atoms with Gasteiger partial charge in [0.15, 0.2) is 5.96 Å². The number of carboxylic acids is 1. The molecule has 0 spiro atoms. The van der Waals surface area contributed by atoms with Gasteiger partial charge in [-0.1, -0.05) is 0 Å². The maximum absolute atomic E-state index is 10.8. The van der Waals surface area contributed by atoms with Gasteiger partial charge in [0.25, 0.3) is 0 Å². The Kier molecular flexibility index (Phi) is 7.53. The molecule has 1 atom stereocenters. The topological polar surface area (TPSA) is 171 Å². The SMILES string of the molecule is NC(N)=NCCCC(NCCP(=O)(O)O)C(=O)O. The Morgan fingerprint density at radius 1 is 1.39 bits per heavy atom. The number of hydrogen-bond donors (Lipinski definition) is 6. The summed E-state index contributed by atoms with van der Waals surface area (Å²) >= 11 is 0. The van der Waals surface area contributed by atoms with Gasteiger partial charge in [0.2, 0.25) is 0 Å². The number of nitrogens with zero attached hydrogens (tertiary/aromatic N) is 1. The van der Waals surface area contributed by atoms with Gasteiger partial charge in [0, 0.05) is 13.1 Å². The van der Waals surface area contributed by atoms with E-state index >= 15 is 0 Å². The van der Waals surface area contributed by atoms with Crippen LogP contribution >= 0.6 is 7.60 Å². The molecule has 10 heteroatoms. The van der Waals surface area contributed by atoms with Crippen molar-refractivity contribution in [3.63, 3.8) is 0 Å². The van der Waals surface area contributed by atoms with E-state index < -0.39 is 25.8 Å². The molecule has 8 N–H and O–H groups in total. The molecular weight excluding hydrogens is 263 g/mol. The van der Waals surface area contributed by atoms with E-state index in [0.717, 1.165) is 0 Å². The quantitative estimate of drug-likeness (QED) is 0.125. The third-order valence-corrected chi connectivity index (χ3v) is 2.84. The second-order valence-corrected chi connectivity index (χ2v) is 5.46. The van der Waals surface area contributed by atoms with Crippen molar-refractivity contribution in [1.82, 2.24) is 5.32 Å². The van der Waals surface area contributed by atoms with Gasteiger partial charge in [0.05, 0.1) is 6.16 Å². The summed E-state index contributed by atoms with van der Waals surface area (Å²) in [5.74, 6) is -1.14. The molecule has 0 heterocycles. The molecule has 0 saturated heterocycles. The number of aliphatic carboxylic acids is 1. The highest BCUT2D eigenvalue weighted by atomic mass is 31.2. The van der Waals surface area contributed by atoms with E-state index in [-0.39, 0.29) is 18.9 Å². The maximum Gasteiger partial charge on any atom is 0.326 e. The second kappa shape index (κ2) is 8.04. The standard InChI is InChI=1S/C8H19N4O5P/c9-8(10)12-3-1-2-6(7(13)14)11-4-5-18(15,16)17/h6,11H,1-5H2,(H,13,14)(H4,9,10,12)(H2,15,16,17). The van der Waals surface area contributed by atoms with Crippen LogP contribution in [0.5, 0.6) is 0 Å². The first-order valence-electron chi connectivity index (χ1n) is 5.28. The van der Waals surface area contributed by atoms with Crippen LogP contribution in [-0.2, 0) is 9.36 Å². The Morgan fingerprint density at radius 2 is 2.00 bits per heavy atom. The fraction of sp³-hybridized carbons (Fsp3) is 0.750. The highest BCUT2D eigenvalue weighted by Crippen LogP contribution is 2.32. The molecule has 0 aliphatic carbocycles. The fourth-order valence-electron chi connectivity index (χ4n) is 1.20. The summed E-state index contributed by atoms with van der Waals surface area (Å²) in [5.41, 5.74) is 10.2. The van der Waals surface area contributed by atoms with Gasteiger partial charge in [-0.25, -0.2) is 0 Å². The molecule has 0 rings (SSSR count). The van der Waals surface area contributed by atoms with Crippen LogP contribution in [0.25, 0.3) is 0 Å². The first-order valence-corrected chi connectivity index (χ1v) is 7.08. The van der Waals surface area contributed by atoms with Crippen molar-refractivity contribution < 1.29 is 24.3 Å². The lowest BCUT2D eigenvalue weighted by Gasteiger charge is -2.14. The summed E-state index contributed by atoms with van der Waals surface area (Å²) in [6.45, 7) is 0.246. The zero-order valence-corrected chi connectivity index (χ0v) is 10.7. The first-order chi connectivity index (χ1) is 8.22. The van der Waals surface area contributed by atoms with Crippen molar-refractivity contribution in [3.05, 3.63) is 0 Å². The third-order valence-electron chi connectivity index (χ3n) is 2.04. The number of hydrogen-bond acceptors (Lipinski definition) is 4. The van der Waals surface area contributed by atoms with Crippen LogP contribution in [0.1, 0.15) is 12.8 Å².